The molecule has 2 atom stereocenters. The number of hydrogen-bond donors (Lipinski definition) is 1. The molecule has 1 aliphatic carbocycles. The SMILES string of the molecule is CC1CCCN(C2CCc3cc(N)ccc32)CC1. The Morgan fingerprint density at radius 1 is 1.17 bits per heavy atom. The van der Waals surface area contributed by atoms with Crippen LogP contribution in [0.1, 0.15) is 49.8 Å². The van der Waals surface area contributed by atoms with E-state index < -0.39 is 0 Å². The molecular weight excluding hydrogens is 220 g/mol. The molecule has 2 nitrogen and oxygen atoms in total. The van der Waals surface area contributed by atoms with Crippen molar-refractivity contribution in [1.82, 2.24) is 4.90 Å². The fourth-order valence-electron chi connectivity index (χ4n) is 3.59. The van der Waals surface area contributed by atoms with Gasteiger partial charge in [-0.2, -0.15) is 0 Å². The molecule has 0 bridgehead atoms. The van der Waals surface area contributed by atoms with Crippen molar-refractivity contribution in [2.24, 2.45) is 5.92 Å². The van der Waals surface area contributed by atoms with Crippen LogP contribution in [0.2, 0.25) is 0 Å². The van der Waals surface area contributed by atoms with Crippen molar-refractivity contribution in [3.8, 4) is 0 Å². The van der Waals surface area contributed by atoms with E-state index in [-0.39, 0.29) is 0 Å². The maximum absolute atomic E-state index is 5.88. The van der Waals surface area contributed by atoms with E-state index in [0.717, 1.165) is 11.6 Å². The summed E-state index contributed by atoms with van der Waals surface area (Å²) in [4.78, 5) is 2.71. The Morgan fingerprint density at radius 3 is 2.94 bits per heavy atom. The van der Waals surface area contributed by atoms with Gasteiger partial charge in [0, 0.05) is 11.7 Å². The van der Waals surface area contributed by atoms with Crippen molar-refractivity contribution in [1.29, 1.82) is 0 Å². The molecule has 1 aliphatic heterocycles. The topological polar surface area (TPSA) is 29.3 Å². The highest BCUT2D eigenvalue weighted by molar-refractivity contribution is 5.47. The van der Waals surface area contributed by atoms with Gasteiger partial charge >= 0.3 is 0 Å². The third-order valence-corrected chi connectivity index (χ3v) is 4.71. The largest absolute Gasteiger partial charge is 0.399 e. The molecule has 2 aliphatic rings. The third kappa shape index (κ3) is 2.26. The molecule has 2 heteroatoms. The summed E-state index contributed by atoms with van der Waals surface area (Å²) in [5.41, 5.74) is 9.82. The van der Waals surface area contributed by atoms with Crippen LogP contribution >= 0.6 is 0 Å². The number of nitrogens with two attached hydrogens (primary N) is 1. The summed E-state index contributed by atoms with van der Waals surface area (Å²) >= 11 is 0. The second kappa shape index (κ2) is 4.93. The zero-order chi connectivity index (χ0) is 12.5. The van der Waals surface area contributed by atoms with E-state index >= 15 is 0 Å². The first kappa shape index (κ1) is 12.0. The van der Waals surface area contributed by atoms with E-state index in [1.165, 1.54) is 50.8 Å². The molecule has 0 radical (unpaired) electrons. The van der Waals surface area contributed by atoms with Crippen LogP contribution in [0, 0.1) is 5.92 Å². The zero-order valence-corrected chi connectivity index (χ0v) is 11.4. The highest BCUT2D eigenvalue weighted by Gasteiger charge is 2.28. The highest BCUT2D eigenvalue weighted by Crippen LogP contribution is 2.37. The van der Waals surface area contributed by atoms with E-state index in [2.05, 4.69) is 30.0 Å². The molecule has 0 aromatic heterocycles. The number of fused-ring (bicyclic) bond motifs is 1. The van der Waals surface area contributed by atoms with E-state index in [4.69, 9.17) is 5.73 Å². The first-order valence-corrected chi connectivity index (χ1v) is 7.36. The third-order valence-electron chi connectivity index (χ3n) is 4.71. The van der Waals surface area contributed by atoms with Crippen molar-refractivity contribution in [2.75, 3.05) is 18.8 Å². The van der Waals surface area contributed by atoms with E-state index in [9.17, 15) is 0 Å². The standard InChI is InChI=1S/C16H24N2/c1-12-3-2-9-18(10-8-12)16-7-4-13-11-14(17)5-6-15(13)16/h5-6,11-12,16H,2-4,7-10,17H2,1H3. The van der Waals surface area contributed by atoms with Crippen molar-refractivity contribution in [3.05, 3.63) is 29.3 Å². The Labute approximate surface area is 110 Å². The molecule has 0 spiro atoms. The Kier molecular flexibility index (Phi) is 3.29. The first-order chi connectivity index (χ1) is 8.74. The summed E-state index contributed by atoms with van der Waals surface area (Å²) in [5, 5.41) is 0. The summed E-state index contributed by atoms with van der Waals surface area (Å²) in [6, 6.07) is 7.16. The summed E-state index contributed by atoms with van der Waals surface area (Å²) < 4.78 is 0. The van der Waals surface area contributed by atoms with Crippen LogP contribution < -0.4 is 5.73 Å². The molecule has 1 heterocycles. The fraction of sp³-hybridized carbons (Fsp3) is 0.625. The lowest BCUT2D eigenvalue weighted by molar-refractivity contribution is 0.202. The van der Waals surface area contributed by atoms with E-state index in [1.54, 1.807) is 5.56 Å². The summed E-state index contributed by atoms with van der Waals surface area (Å²) in [6.07, 6.45) is 6.62. The van der Waals surface area contributed by atoms with Crippen LogP contribution in [0.4, 0.5) is 5.69 Å². The van der Waals surface area contributed by atoms with Gasteiger partial charge in [0.2, 0.25) is 0 Å². The Bertz CT molecular complexity index is 427. The molecule has 2 unspecified atom stereocenters. The zero-order valence-electron chi connectivity index (χ0n) is 11.4. The predicted molar refractivity (Wildman–Crippen MR) is 76.5 cm³/mol. The number of anilines is 1. The molecule has 1 fully saturated rings. The minimum absolute atomic E-state index is 0.658. The van der Waals surface area contributed by atoms with Crippen LogP contribution in [0.3, 0.4) is 0 Å². The molecule has 1 saturated heterocycles. The van der Waals surface area contributed by atoms with Crippen LogP contribution in [0.5, 0.6) is 0 Å². The summed E-state index contributed by atoms with van der Waals surface area (Å²) in [7, 11) is 0. The van der Waals surface area contributed by atoms with Crippen molar-refractivity contribution < 1.29 is 0 Å². The Hall–Kier alpha value is -1.02. The lowest BCUT2D eigenvalue weighted by Crippen LogP contribution is -2.28. The molecule has 18 heavy (non-hydrogen) atoms. The summed E-state index contributed by atoms with van der Waals surface area (Å²) in [6.45, 7) is 4.95. The van der Waals surface area contributed by atoms with Crippen LogP contribution in [0.25, 0.3) is 0 Å². The first-order valence-electron chi connectivity index (χ1n) is 7.36. The molecule has 0 saturated carbocycles. The predicted octanol–water partition coefficient (Wildman–Crippen LogP) is 3.38. The molecular formula is C16H24N2. The van der Waals surface area contributed by atoms with Gasteiger partial charge in [0.1, 0.15) is 0 Å². The molecule has 1 aromatic rings. The van der Waals surface area contributed by atoms with Crippen molar-refractivity contribution >= 4 is 5.69 Å². The minimum atomic E-state index is 0.658. The van der Waals surface area contributed by atoms with Crippen molar-refractivity contribution in [3.63, 3.8) is 0 Å². The monoisotopic (exact) mass is 244 g/mol. The fourth-order valence-corrected chi connectivity index (χ4v) is 3.59. The average molecular weight is 244 g/mol. The van der Waals surface area contributed by atoms with Gasteiger partial charge in [0.15, 0.2) is 0 Å². The number of aryl methyl sites for hydroxylation is 1. The Morgan fingerprint density at radius 2 is 2.06 bits per heavy atom. The second-order valence-electron chi connectivity index (χ2n) is 6.08. The molecule has 98 valence electrons. The van der Waals surface area contributed by atoms with E-state index in [1.807, 2.05) is 0 Å². The van der Waals surface area contributed by atoms with Gasteiger partial charge in [-0.25, -0.2) is 0 Å². The number of nitrogen functional groups attached to an aromatic ring is 1. The molecule has 0 amide bonds. The smallest absolute Gasteiger partial charge is 0.0354 e. The van der Waals surface area contributed by atoms with Gasteiger partial charge < -0.3 is 5.73 Å². The maximum atomic E-state index is 5.88. The lowest BCUT2D eigenvalue weighted by atomic mass is 10.0. The van der Waals surface area contributed by atoms with Gasteiger partial charge in [-0.1, -0.05) is 13.0 Å². The number of nitrogens with zero attached hydrogens (tertiary/aromatic N) is 1. The lowest BCUT2D eigenvalue weighted by Gasteiger charge is -2.28. The average Bonchev–Trinajstić information content (AvgIpc) is 2.64. The highest BCUT2D eigenvalue weighted by atomic mass is 15.2. The van der Waals surface area contributed by atoms with E-state index in [0.29, 0.717) is 6.04 Å². The summed E-state index contributed by atoms with van der Waals surface area (Å²) in [5.74, 6) is 0.905. The Balaban J connectivity index is 1.79. The van der Waals surface area contributed by atoms with Gasteiger partial charge in [-0.05, 0) is 74.4 Å². The van der Waals surface area contributed by atoms with Gasteiger partial charge in [-0.15, -0.1) is 0 Å². The van der Waals surface area contributed by atoms with Crippen LogP contribution in [-0.2, 0) is 6.42 Å². The van der Waals surface area contributed by atoms with Crippen LogP contribution in [0.15, 0.2) is 18.2 Å². The number of benzene rings is 1. The minimum Gasteiger partial charge on any atom is -0.399 e. The van der Waals surface area contributed by atoms with Gasteiger partial charge in [0.25, 0.3) is 0 Å². The number of likely N-dealkylation sites (tertiary alicyclic amines) is 1. The second-order valence-corrected chi connectivity index (χ2v) is 6.08. The maximum Gasteiger partial charge on any atom is 0.0354 e. The number of rotatable bonds is 1. The van der Waals surface area contributed by atoms with Crippen molar-refractivity contribution in [2.45, 2.75) is 45.1 Å². The quantitative estimate of drug-likeness (QED) is 0.767. The van der Waals surface area contributed by atoms with Crippen LogP contribution in [-0.4, -0.2) is 18.0 Å². The van der Waals surface area contributed by atoms with Gasteiger partial charge in [-0.3, -0.25) is 4.90 Å². The molecule has 1 aromatic carbocycles. The molecule has 2 N–H and O–H groups in total. The number of hydrogen-bond acceptors (Lipinski definition) is 2. The normalized spacial score (nSPS) is 28.9. The van der Waals surface area contributed by atoms with Gasteiger partial charge in [0.05, 0.1) is 0 Å². The molecule has 3 rings (SSSR count).